The minimum absolute atomic E-state index is 0.123. The van der Waals surface area contributed by atoms with Crippen LogP contribution in [-0.4, -0.2) is 84.7 Å². The molecule has 0 spiro atoms. The highest BCUT2D eigenvalue weighted by atomic mass is 16.6. The summed E-state index contributed by atoms with van der Waals surface area (Å²) < 4.78 is 18.3. The van der Waals surface area contributed by atoms with Gasteiger partial charge in [0.05, 0.1) is 18.2 Å². The summed E-state index contributed by atoms with van der Waals surface area (Å²) in [4.78, 5) is 41.4. The van der Waals surface area contributed by atoms with E-state index >= 15 is 0 Å². The Hall–Kier alpha value is -4.23. The van der Waals surface area contributed by atoms with Gasteiger partial charge < -0.3 is 24.4 Å². The predicted molar refractivity (Wildman–Crippen MR) is 168 cm³/mol. The van der Waals surface area contributed by atoms with E-state index in [0.717, 1.165) is 15.8 Å². The monoisotopic (exact) mass is 627 g/mol. The first-order chi connectivity index (χ1) is 20.8. The Morgan fingerprint density at radius 3 is 1.89 bits per heavy atom. The summed E-state index contributed by atoms with van der Waals surface area (Å²) in [5.74, 6) is 0.595. The van der Waals surface area contributed by atoms with E-state index < -0.39 is 41.2 Å². The highest BCUT2D eigenvalue weighted by molar-refractivity contribution is 5.89. The van der Waals surface area contributed by atoms with Crippen molar-refractivity contribution in [1.82, 2.24) is 19.7 Å². The minimum atomic E-state index is -0.922. The molecule has 2 N–H and O–H groups in total. The molecule has 1 unspecified atom stereocenters. The number of anilines is 1. The number of fused-ring (bicyclic) bond motifs is 1. The molecule has 0 radical (unpaired) electrons. The number of amides is 3. The fourth-order valence-corrected chi connectivity index (χ4v) is 4.16. The number of hydrogen-bond donors (Lipinski definition) is 2. The number of benzene rings is 1. The summed E-state index contributed by atoms with van der Waals surface area (Å²) in [7, 11) is 0. The average molecular weight is 628 g/mol. The van der Waals surface area contributed by atoms with Gasteiger partial charge in [-0.15, -0.1) is 10.2 Å². The number of rotatable bonds is 8. The van der Waals surface area contributed by atoms with Crippen molar-refractivity contribution in [2.45, 2.75) is 91.6 Å². The highest BCUT2D eigenvalue weighted by Gasteiger charge is 2.33. The van der Waals surface area contributed by atoms with Crippen LogP contribution in [0.2, 0.25) is 0 Å². The third-order valence-electron chi connectivity index (χ3n) is 6.05. The fraction of sp³-hybridized carbons (Fsp3) is 0.531. The molecule has 0 aliphatic rings. The minimum Gasteiger partial charge on any atom is -0.443 e. The maximum absolute atomic E-state index is 13.3. The third-order valence-corrected chi connectivity index (χ3v) is 6.05. The van der Waals surface area contributed by atoms with Gasteiger partial charge in [0.15, 0.2) is 11.6 Å². The van der Waals surface area contributed by atoms with Gasteiger partial charge in [0.2, 0.25) is 0 Å². The van der Waals surface area contributed by atoms with Crippen LogP contribution in [0.1, 0.15) is 80.4 Å². The zero-order valence-electron chi connectivity index (χ0n) is 27.5. The molecule has 3 amide bonds. The molecule has 1 atom stereocenters. The quantitative estimate of drug-likeness (QED) is 0.295. The molecular weight excluding hydrogens is 582 g/mol. The molecule has 45 heavy (non-hydrogen) atoms. The number of carbonyl (C=O) groups is 3. The highest BCUT2D eigenvalue weighted by Crippen LogP contribution is 2.26. The number of imide groups is 1. The van der Waals surface area contributed by atoms with E-state index in [4.69, 9.17) is 19.3 Å². The Balaban J connectivity index is 1.92. The zero-order valence-corrected chi connectivity index (χ0v) is 27.5. The van der Waals surface area contributed by atoms with Crippen molar-refractivity contribution in [2.75, 3.05) is 24.6 Å². The molecule has 0 fully saturated rings. The first-order valence-corrected chi connectivity index (χ1v) is 14.8. The van der Waals surface area contributed by atoms with Crippen molar-refractivity contribution in [3.05, 3.63) is 48.2 Å². The number of aliphatic hydroxyl groups is 2. The van der Waals surface area contributed by atoms with Crippen LogP contribution in [0.15, 0.2) is 42.6 Å². The molecule has 3 rings (SSSR count). The summed E-state index contributed by atoms with van der Waals surface area (Å²) in [6.45, 7) is 14.6. The Bertz CT molecular complexity index is 1450. The van der Waals surface area contributed by atoms with Crippen molar-refractivity contribution >= 4 is 35.0 Å². The maximum atomic E-state index is 13.3. The Morgan fingerprint density at radius 2 is 1.38 bits per heavy atom. The van der Waals surface area contributed by atoms with Crippen LogP contribution in [0.5, 0.6) is 0 Å². The standard InChI is InChI=1S/C32H45N5O8/c1-30(2,3)43-27(40)36(17-18-37(28(41)44-31(4,5)6)29(42)45-32(7,8)9)26-13-12-25(33-34-26)35-16-14-21-20-22(10-11-23(21)35)24(39)15-19-38/h10-14,16,20,24,38-39H,15,17-19H2,1-9H3. The molecule has 3 aromatic rings. The topological polar surface area (TPSA) is 157 Å². The second-order valence-electron chi connectivity index (χ2n) is 13.5. The summed E-state index contributed by atoms with van der Waals surface area (Å²) in [6.07, 6.45) is -1.33. The predicted octanol–water partition coefficient (Wildman–Crippen LogP) is 5.75. The third kappa shape index (κ3) is 10.1. The number of carbonyl (C=O) groups excluding carboxylic acids is 3. The Kier molecular flexibility index (Phi) is 10.8. The van der Waals surface area contributed by atoms with Gasteiger partial charge in [-0.2, -0.15) is 0 Å². The smallest absolute Gasteiger partial charge is 0.419 e. The van der Waals surface area contributed by atoms with Crippen LogP contribution in [0.25, 0.3) is 16.7 Å². The van der Waals surface area contributed by atoms with Gasteiger partial charge in [0.25, 0.3) is 0 Å². The van der Waals surface area contributed by atoms with Crippen molar-refractivity contribution < 1.29 is 38.8 Å². The van der Waals surface area contributed by atoms with Crippen molar-refractivity contribution in [2.24, 2.45) is 0 Å². The summed E-state index contributed by atoms with van der Waals surface area (Å²) in [5, 5.41) is 28.9. The van der Waals surface area contributed by atoms with Gasteiger partial charge in [0, 0.05) is 31.2 Å². The van der Waals surface area contributed by atoms with E-state index in [-0.39, 0.29) is 31.9 Å². The van der Waals surface area contributed by atoms with Crippen molar-refractivity contribution in [1.29, 1.82) is 0 Å². The molecule has 1 aromatic carbocycles. The van der Waals surface area contributed by atoms with Gasteiger partial charge in [-0.25, -0.2) is 19.3 Å². The van der Waals surface area contributed by atoms with E-state index in [1.165, 1.54) is 4.90 Å². The van der Waals surface area contributed by atoms with Crippen LogP contribution >= 0.6 is 0 Å². The molecule has 0 aliphatic heterocycles. The van der Waals surface area contributed by atoms with Crippen LogP contribution in [-0.2, 0) is 14.2 Å². The molecule has 2 aromatic heterocycles. The van der Waals surface area contributed by atoms with E-state index in [0.29, 0.717) is 11.4 Å². The molecule has 0 aliphatic carbocycles. The second kappa shape index (κ2) is 13.8. The Labute approximate surface area is 263 Å². The van der Waals surface area contributed by atoms with E-state index in [1.54, 1.807) is 85.1 Å². The van der Waals surface area contributed by atoms with Crippen LogP contribution < -0.4 is 4.90 Å². The first-order valence-electron chi connectivity index (χ1n) is 14.8. The largest absolute Gasteiger partial charge is 0.443 e. The normalized spacial score (nSPS) is 12.9. The van der Waals surface area contributed by atoms with Crippen molar-refractivity contribution in [3.63, 3.8) is 0 Å². The maximum Gasteiger partial charge on any atom is 0.419 e. The summed E-state index contributed by atoms with van der Waals surface area (Å²) >= 11 is 0. The number of hydrogen-bond acceptors (Lipinski definition) is 10. The van der Waals surface area contributed by atoms with E-state index in [9.17, 15) is 19.5 Å². The van der Waals surface area contributed by atoms with Crippen molar-refractivity contribution in [3.8, 4) is 5.82 Å². The number of ether oxygens (including phenoxy) is 3. The lowest BCUT2D eigenvalue weighted by molar-refractivity contribution is 0.00153. The summed E-state index contributed by atoms with van der Waals surface area (Å²) in [6, 6.07) is 10.6. The Morgan fingerprint density at radius 1 is 0.800 bits per heavy atom. The second-order valence-corrected chi connectivity index (χ2v) is 13.5. The molecule has 13 heteroatoms. The van der Waals surface area contributed by atoms with Crippen LogP contribution in [0.4, 0.5) is 20.2 Å². The van der Waals surface area contributed by atoms with Gasteiger partial charge >= 0.3 is 18.3 Å². The molecule has 246 valence electrons. The number of aromatic nitrogens is 3. The fourth-order valence-electron chi connectivity index (χ4n) is 4.16. The molecule has 2 heterocycles. The van der Waals surface area contributed by atoms with Gasteiger partial charge in [-0.05, 0) is 98.2 Å². The molecule has 13 nitrogen and oxygen atoms in total. The van der Waals surface area contributed by atoms with E-state index in [1.807, 2.05) is 24.4 Å². The summed E-state index contributed by atoms with van der Waals surface area (Å²) in [5.41, 5.74) is -1.10. The average Bonchev–Trinajstić information content (AvgIpc) is 3.31. The molecule has 0 bridgehead atoms. The van der Waals surface area contributed by atoms with Gasteiger partial charge in [-0.1, -0.05) is 6.07 Å². The lowest BCUT2D eigenvalue weighted by Crippen LogP contribution is -2.48. The lowest BCUT2D eigenvalue weighted by Gasteiger charge is -2.31. The molecule has 0 saturated carbocycles. The van der Waals surface area contributed by atoms with Gasteiger partial charge in [-0.3, -0.25) is 9.47 Å². The molecular formula is C32H45N5O8. The van der Waals surface area contributed by atoms with Gasteiger partial charge in [0.1, 0.15) is 16.8 Å². The number of nitrogens with zero attached hydrogens (tertiary/aromatic N) is 5. The number of aliphatic hydroxyl groups excluding tert-OH is 2. The lowest BCUT2D eigenvalue weighted by atomic mass is 10.1. The molecule has 0 saturated heterocycles. The SMILES string of the molecule is CC(C)(C)OC(=O)N(CCN(C(=O)OC(C)(C)C)c1ccc(-n2ccc3cc(C(O)CCO)ccc32)nn1)C(=O)OC(C)(C)C. The van der Waals surface area contributed by atoms with Crippen LogP contribution in [0, 0.1) is 0 Å². The zero-order chi connectivity index (χ0) is 33.7. The van der Waals surface area contributed by atoms with E-state index in [2.05, 4.69) is 10.2 Å². The van der Waals surface area contributed by atoms with Crippen LogP contribution in [0.3, 0.4) is 0 Å². The first kappa shape index (κ1) is 35.3.